The van der Waals surface area contributed by atoms with Gasteiger partial charge in [-0.1, -0.05) is 13.8 Å². The molecular formula is C11H19N3O. The summed E-state index contributed by atoms with van der Waals surface area (Å²) in [6.07, 6.45) is 3.29. The summed E-state index contributed by atoms with van der Waals surface area (Å²) in [7, 11) is 0. The Morgan fingerprint density at radius 3 is 2.67 bits per heavy atom. The summed E-state index contributed by atoms with van der Waals surface area (Å²) in [6.45, 7) is 6.68. The number of nitrogens with zero attached hydrogens (tertiary/aromatic N) is 1. The molecule has 0 aromatic carbocycles. The maximum absolute atomic E-state index is 11.5. The number of nitriles is 1. The van der Waals surface area contributed by atoms with Crippen LogP contribution in [0.3, 0.4) is 0 Å². The molecule has 2 N–H and O–H groups in total. The van der Waals surface area contributed by atoms with Gasteiger partial charge in [-0.25, -0.2) is 0 Å². The number of hydrogen-bond acceptors (Lipinski definition) is 3. The van der Waals surface area contributed by atoms with Crippen LogP contribution in [0.25, 0.3) is 0 Å². The fourth-order valence-corrected chi connectivity index (χ4v) is 0.871. The lowest BCUT2D eigenvalue weighted by Gasteiger charge is -2.10. The summed E-state index contributed by atoms with van der Waals surface area (Å²) in [4.78, 5) is 11.5. The summed E-state index contributed by atoms with van der Waals surface area (Å²) in [6, 6.07) is 1.97. The van der Waals surface area contributed by atoms with Crippen LogP contribution in [0.4, 0.5) is 0 Å². The fraction of sp³-hybridized carbons (Fsp3) is 0.636. The molecule has 0 radical (unpaired) electrons. The highest BCUT2D eigenvalue weighted by atomic mass is 16.1. The van der Waals surface area contributed by atoms with Crippen molar-refractivity contribution in [2.75, 3.05) is 6.54 Å². The molecule has 0 saturated heterocycles. The van der Waals surface area contributed by atoms with E-state index in [1.165, 1.54) is 6.20 Å². The first kappa shape index (κ1) is 13.5. The van der Waals surface area contributed by atoms with Gasteiger partial charge in [0.05, 0.1) is 0 Å². The van der Waals surface area contributed by atoms with E-state index in [4.69, 9.17) is 5.26 Å². The van der Waals surface area contributed by atoms with Crippen molar-refractivity contribution in [1.82, 2.24) is 10.6 Å². The lowest BCUT2D eigenvalue weighted by atomic mass is 10.2. The van der Waals surface area contributed by atoms with Gasteiger partial charge in [-0.05, 0) is 19.8 Å². The van der Waals surface area contributed by atoms with Gasteiger partial charge in [-0.2, -0.15) is 5.26 Å². The zero-order valence-corrected chi connectivity index (χ0v) is 9.63. The summed E-state index contributed by atoms with van der Waals surface area (Å²) >= 11 is 0. The topological polar surface area (TPSA) is 64.9 Å². The van der Waals surface area contributed by atoms with Crippen molar-refractivity contribution in [2.24, 2.45) is 0 Å². The van der Waals surface area contributed by atoms with Crippen LogP contribution in [0.15, 0.2) is 11.8 Å². The van der Waals surface area contributed by atoms with Gasteiger partial charge in [0.25, 0.3) is 5.91 Å². The van der Waals surface area contributed by atoms with Crippen molar-refractivity contribution in [2.45, 2.75) is 39.7 Å². The number of rotatable bonds is 6. The van der Waals surface area contributed by atoms with Crippen LogP contribution < -0.4 is 10.6 Å². The van der Waals surface area contributed by atoms with Crippen LogP contribution in [-0.4, -0.2) is 18.5 Å². The maximum Gasteiger partial charge on any atom is 0.263 e. The Hall–Kier alpha value is -1.50. The van der Waals surface area contributed by atoms with Crippen molar-refractivity contribution < 1.29 is 4.79 Å². The van der Waals surface area contributed by atoms with E-state index in [2.05, 4.69) is 10.6 Å². The van der Waals surface area contributed by atoms with E-state index in [-0.39, 0.29) is 17.5 Å². The van der Waals surface area contributed by atoms with Crippen LogP contribution in [0.1, 0.15) is 33.6 Å². The quantitative estimate of drug-likeness (QED) is 0.394. The molecule has 84 valence electrons. The third kappa shape index (κ3) is 5.74. The molecule has 1 unspecified atom stereocenters. The number of amides is 1. The van der Waals surface area contributed by atoms with E-state index < -0.39 is 0 Å². The Bertz CT molecular complexity index is 265. The Morgan fingerprint density at radius 1 is 1.53 bits per heavy atom. The highest BCUT2D eigenvalue weighted by molar-refractivity contribution is 5.97. The third-order valence-corrected chi connectivity index (χ3v) is 2.00. The number of carbonyl (C=O) groups excluding carboxylic acids is 1. The molecule has 0 fully saturated rings. The molecule has 1 amide bonds. The summed E-state index contributed by atoms with van der Waals surface area (Å²) < 4.78 is 0. The normalized spacial score (nSPS) is 12.8. The predicted octanol–water partition coefficient (Wildman–Crippen LogP) is 1.31. The van der Waals surface area contributed by atoms with Crippen LogP contribution in [0.5, 0.6) is 0 Å². The van der Waals surface area contributed by atoms with Gasteiger partial charge < -0.3 is 10.6 Å². The smallest absolute Gasteiger partial charge is 0.263 e. The molecule has 0 bridgehead atoms. The van der Waals surface area contributed by atoms with E-state index in [1.807, 2.05) is 26.8 Å². The van der Waals surface area contributed by atoms with Gasteiger partial charge in [0.1, 0.15) is 11.6 Å². The molecule has 0 aromatic heterocycles. The standard InChI is InChI=1S/C11H19N3O/c1-4-6-13-8-10(7-12)11(15)14-9(3)5-2/h8-9,13H,4-6H2,1-3H3,(H,14,15)/b10-8-. The van der Waals surface area contributed by atoms with Gasteiger partial charge in [0.2, 0.25) is 0 Å². The number of carbonyl (C=O) groups is 1. The molecule has 0 aliphatic rings. The summed E-state index contributed by atoms with van der Waals surface area (Å²) in [5, 5.41) is 14.4. The van der Waals surface area contributed by atoms with Gasteiger partial charge in [-0.3, -0.25) is 4.79 Å². The highest BCUT2D eigenvalue weighted by Crippen LogP contribution is 1.94. The molecule has 4 nitrogen and oxygen atoms in total. The molecule has 0 aliphatic carbocycles. The Morgan fingerprint density at radius 2 is 2.20 bits per heavy atom. The minimum Gasteiger partial charge on any atom is -0.390 e. The monoisotopic (exact) mass is 209 g/mol. The van der Waals surface area contributed by atoms with Crippen LogP contribution in [0, 0.1) is 11.3 Å². The minimum atomic E-state index is -0.310. The molecule has 4 heteroatoms. The average Bonchev–Trinajstić information content (AvgIpc) is 2.24. The lowest BCUT2D eigenvalue weighted by molar-refractivity contribution is -0.117. The molecule has 1 atom stereocenters. The number of hydrogen-bond donors (Lipinski definition) is 2. The van der Waals surface area contributed by atoms with Crippen molar-refractivity contribution in [3.05, 3.63) is 11.8 Å². The SMILES string of the molecule is CCCN/C=C(/C#N)C(=O)NC(C)CC. The van der Waals surface area contributed by atoms with Gasteiger partial charge in [0, 0.05) is 18.8 Å². The first-order valence-electron chi connectivity index (χ1n) is 5.30. The molecular weight excluding hydrogens is 190 g/mol. The maximum atomic E-state index is 11.5. The zero-order valence-electron chi connectivity index (χ0n) is 9.63. The van der Waals surface area contributed by atoms with E-state index in [0.29, 0.717) is 0 Å². The first-order chi connectivity index (χ1) is 7.15. The van der Waals surface area contributed by atoms with Gasteiger partial charge >= 0.3 is 0 Å². The lowest BCUT2D eigenvalue weighted by Crippen LogP contribution is -2.33. The molecule has 0 aliphatic heterocycles. The van der Waals surface area contributed by atoms with Crippen LogP contribution in [0.2, 0.25) is 0 Å². The second kappa shape index (κ2) is 7.86. The second-order valence-corrected chi connectivity index (χ2v) is 3.41. The minimum absolute atomic E-state index is 0.0976. The van der Waals surface area contributed by atoms with Crippen LogP contribution in [-0.2, 0) is 4.79 Å². The average molecular weight is 209 g/mol. The van der Waals surface area contributed by atoms with Crippen molar-refractivity contribution >= 4 is 5.91 Å². The number of nitrogens with one attached hydrogen (secondary N) is 2. The van der Waals surface area contributed by atoms with E-state index in [9.17, 15) is 4.79 Å². The predicted molar refractivity (Wildman–Crippen MR) is 59.9 cm³/mol. The fourth-order valence-electron chi connectivity index (χ4n) is 0.871. The van der Waals surface area contributed by atoms with Gasteiger partial charge in [0.15, 0.2) is 0 Å². The molecule has 0 heterocycles. The van der Waals surface area contributed by atoms with E-state index in [1.54, 1.807) is 0 Å². The Balaban J connectivity index is 4.23. The molecule has 0 spiro atoms. The zero-order chi connectivity index (χ0) is 11.7. The third-order valence-electron chi connectivity index (χ3n) is 2.00. The molecule has 0 saturated carbocycles. The molecule has 0 rings (SSSR count). The first-order valence-corrected chi connectivity index (χ1v) is 5.30. The summed E-state index contributed by atoms with van der Waals surface area (Å²) in [5.41, 5.74) is 0.128. The summed E-state index contributed by atoms with van der Waals surface area (Å²) in [5.74, 6) is -0.310. The van der Waals surface area contributed by atoms with E-state index >= 15 is 0 Å². The van der Waals surface area contributed by atoms with Crippen molar-refractivity contribution in [3.8, 4) is 6.07 Å². The Labute approximate surface area is 91.4 Å². The van der Waals surface area contributed by atoms with Crippen molar-refractivity contribution in [3.63, 3.8) is 0 Å². The largest absolute Gasteiger partial charge is 0.390 e. The highest BCUT2D eigenvalue weighted by Gasteiger charge is 2.10. The van der Waals surface area contributed by atoms with Gasteiger partial charge in [-0.15, -0.1) is 0 Å². The molecule has 0 aromatic rings. The second-order valence-electron chi connectivity index (χ2n) is 3.41. The van der Waals surface area contributed by atoms with Crippen molar-refractivity contribution in [1.29, 1.82) is 5.26 Å². The van der Waals surface area contributed by atoms with E-state index in [0.717, 1.165) is 19.4 Å². The van der Waals surface area contributed by atoms with Crippen LogP contribution >= 0.6 is 0 Å². The molecule has 15 heavy (non-hydrogen) atoms. The Kier molecular flexibility index (Phi) is 7.08.